The van der Waals surface area contributed by atoms with Gasteiger partial charge in [-0.15, -0.1) is 6.58 Å². The van der Waals surface area contributed by atoms with E-state index in [1.165, 1.54) is 14.2 Å². The van der Waals surface area contributed by atoms with E-state index in [1.54, 1.807) is 13.2 Å². The van der Waals surface area contributed by atoms with Crippen molar-refractivity contribution in [2.45, 2.75) is 12.5 Å². The van der Waals surface area contributed by atoms with Crippen LogP contribution in [0.4, 0.5) is 5.69 Å². The van der Waals surface area contributed by atoms with Crippen molar-refractivity contribution in [1.82, 2.24) is 0 Å². The largest absolute Gasteiger partial charge is 0.497 e. The van der Waals surface area contributed by atoms with Gasteiger partial charge in [-0.3, -0.25) is 4.79 Å². The monoisotopic (exact) mass is 483 g/mol. The molecule has 0 spiro atoms. The van der Waals surface area contributed by atoms with Crippen molar-refractivity contribution in [2.24, 2.45) is 5.92 Å². The van der Waals surface area contributed by atoms with Crippen molar-refractivity contribution >= 4 is 23.3 Å². The van der Waals surface area contributed by atoms with Gasteiger partial charge in [-0.25, -0.2) is 4.79 Å². The van der Waals surface area contributed by atoms with Crippen molar-refractivity contribution in [3.63, 3.8) is 0 Å². The minimum atomic E-state index is -0.935. The summed E-state index contributed by atoms with van der Waals surface area (Å²) < 4.78 is 16.0. The van der Waals surface area contributed by atoms with Crippen LogP contribution in [0, 0.1) is 5.92 Å². The molecular weight excluding hydrogens is 454 g/mol. The van der Waals surface area contributed by atoms with Gasteiger partial charge < -0.3 is 19.1 Å². The number of carbonyl (C=O) groups is 2. The Bertz CT molecular complexity index is 1280. The fraction of sp³-hybridized carbons (Fsp3) is 0.200. The van der Waals surface area contributed by atoms with E-state index in [9.17, 15) is 9.59 Å². The summed E-state index contributed by atoms with van der Waals surface area (Å²) in [5, 5.41) is 0. The number of anilines is 1. The second-order valence-corrected chi connectivity index (χ2v) is 8.33. The van der Waals surface area contributed by atoms with E-state index in [4.69, 9.17) is 14.2 Å². The van der Waals surface area contributed by atoms with Crippen molar-refractivity contribution in [1.29, 1.82) is 0 Å². The molecule has 0 saturated carbocycles. The number of ether oxygens (including phenoxy) is 3. The molecule has 1 aliphatic heterocycles. The zero-order chi connectivity index (χ0) is 25.7. The van der Waals surface area contributed by atoms with E-state index in [0.29, 0.717) is 17.9 Å². The molecule has 0 aromatic heterocycles. The van der Waals surface area contributed by atoms with E-state index in [-0.39, 0.29) is 5.57 Å². The summed E-state index contributed by atoms with van der Waals surface area (Å²) in [5.41, 5.74) is 4.27. The Morgan fingerprint density at radius 3 is 2.17 bits per heavy atom. The summed E-state index contributed by atoms with van der Waals surface area (Å²) in [4.78, 5) is 28.8. The Morgan fingerprint density at radius 2 is 1.58 bits per heavy atom. The minimum absolute atomic E-state index is 0.254. The smallest absolute Gasteiger partial charge is 0.336 e. The Hall–Kier alpha value is -4.32. The van der Waals surface area contributed by atoms with E-state index in [1.807, 2.05) is 83.8 Å². The number of hydrogen-bond acceptors (Lipinski definition) is 6. The first-order valence-electron chi connectivity index (χ1n) is 11.6. The van der Waals surface area contributed by atoms with Crippen molar-refractivity contribution in [3.05, 3.63) is 114 Å². The summed E-state index contributed by atoms with van der Waals surface area (Å²) >= 11 is 0. The second kappa shape index (κ2) is 11.0. The van der Waals surface area contributed by atoms with Crippen LogP contribution in [-0.2, 0) is 25.5 Å². The number of methoxy groups -OCH3 is 3. The topological polar surface area (TPSA) is 65.1 Å². The average molecular weight is 484 g/mol. The predicted octanol–water partition coefficient (Wildman–Crippen LogP) is 5.36. The zero-order valence-corrected chi connectivity index (χ0v) is 20.6. The molecule has 4 rings (SSSR count). The molecule has 2 atom stereocenters. The highest BCUT2D eigenvalue weighted by molar-refractivity contribution is 6.08. The van der Waals surface area contributed by atoms with Crippen LogP contribution in [0.25, 0.3) is 5.70 Å². The molecule has 0 bridgehead atoms. The maximum atomic E-state index is 13.4. The summed E-state index contributed by atoms with van der Waals surface area (Å²) in [6.45, 7) is 3.92. The van der Waals surface area contributed by atoms with Gasteiger partial charge in [0, 0.05) is 5.69 Å². The number of rotatable bonds is 8. The molecule has 0 saturated heterocycles. The lowest BCUT2D eigenvalue weighted by Crippen LogP contribution is -2.32. The lowest BCUT2D eigenvalue weighted by Gasteiger charge is -2.33. The Balaban J connectivity index is 2.08. The third-order valence-electron chi connectivity index (χ3n) is 6.38. The molecule has 6 heteroatoms. The summed E-state index contributed by atoms with van der Waals surface area (Å²) in [7, 11) is 4.27. The Morgan fingerprint density at radius 1 is 0.917 bits per heavy atom. The summed E-state index contributed by atoms with van der Waals surface area (Å²) in [6.07, 6.45) is 2.35. The zero-order valence-electron chi connectivity index (χ0n) is 20.6. The number of benzene rings is 3. The number of carbonyl (C=O) groups excluding carboxylic acids is 2. The van der Waals surface area contributed by atoms with Gasteiger partial charge in [-0.2, -0.15) is 0 Å². The van der Waals surface area contributed by atoms with Gasteiger partial charge in [0.1, 0.15) is 11.7 Å². The van der Waals surface area contributed by atoms with Crippen LogP contribution in [0.15, 0.2) is 97.1 Å². The number of allylic oxidation sites excluding steroid dienone is 1. The molecule has 3 aromatic carbocycles. The summed E-state index contributed by atoms with van der Waals surface area (Å²) in [5.74, 6) is -1.34. The van der Waals surface area contributed by atoms with Gasteiger partial charge in [0.05, 0.1) is 38.6 Å². The van der Waals surface area contributed by atoms with Crippen LogP contribution < -0.4 is 9.64 Å². The number of para-hydroxylation sites is 1. The Kier molecular flexibility index (Phi) is 7.54. The number of nitrogens with zero attached hydrogens (tertiary/aromatic N) is 1. The van der Waals surface area contributed by atoms with Crippen LogP contribution in [0.5, 0.6) is 5.75 Å². The van der Waals surface area contributed by atoms with E-state index in [2.05, 4.69) is 6.58 Å². The molecular formula is C30H29NO5. The molecule has 0 N–H and O–H groups in total. The fourth-order valence-electron chi connectivity index (χ4n) is 4.85. The SMILES string of the molecule is C=CCc1cc(OC)ccc1C1C(C(=O)OC)C(C(=O)OC)=C(c2ccccc2)N1c1ccccc1. The van der Waals surface area contributed by atoms with Crippen LogP contribution in [0.1, 0.15) is 22.7 Å². The molecule has 0 fully saturated rings. The lowest BCUT2D eigenvalue weighted by atomic mass is 9.85. The molecule has 36 heavy (non-hydrogen) atoms. The molecule has 0 radical (unpaired) electrons. The first-order valence-corrected chi connectivity index (χ1v) is 11.6. The first kappa shape index (κ1) is 24.8. The third kappa shape index (κ3) is 4.50. The highest BCUT2D eigenvalue weighted by Crippen LogP contribution is 2.51. The Labute approximate surface area is 211 Å². The van der Waals surface area contributed by atoms with Crippen LogP contribution in [0.3, 0.4) is 0 Å². The lowest BCUT2D eigenvalue weighted by molar-refractivity contribution is -0.147. The van der Waals surface area contributed by atoms with E-state index >= 15 is 0 Å². The molecule has 184 valence electrons. The molecule has 6 nitrogen and oxygen atoms in total. The number of hydrogen-bond donors (Lipinski definition) is 0. The molecule has 0 aliphatic carbocycles. The van der Waals surface area contributed by atoms with Gasteiger partial charge in [-0.1, -0.05) is 60.7 Å². The molecule has 2 unspecified atom stereocenters. The van der Waals surface area contributed by atoms with Crippen molar-refractivity contribution in [2.75, 3.05) is 26.2 Å². The van der Waals surface area contributed by atoms with Crippen LogP contribution in [0.2, 0.25) is 0 Å². The van der Waals surface area contributed by atoms with Crippen molar-refractivity contribution < 1.29 is 23.8 Å². The van der Waals surface area contributed by atoms with E-state index < -0.39 is 23.9 Å². The van der Waals surface area contributed by atoms with Gasteiger partial charge in [0.25, 0.3) is 0 Å². The standard InChI is InChI=1S/C30H29NO5/c1-5-12-21-19-23(34-2)17-18-24(21)28-26(30(33)36-4)25(29(32)35-3)27(20-13-8-6-9-14-20)31(28)22-15-10-7-11-16-22/h5-11,13-19,26,28H,1,12H2,2-4H3. The van der Waals surface area contributed by atoms with Crippen LogP contribution in [-0.4, -0.2) is 33.3 Å². The van der Waals surface area contributed by atoms with E-state index in [0.717, 1.165) is 22.4 Å². The third-order valence-corrected chi connectivity index (χ3v) is 6.38. The maximum Gasteiger partial charge on any atom is 0.336 e. The predicted molar refractivity (Wildman–Crippen MR) is 139 cm³/mol. The molecule has 1 heterocycles. The number of esters is 2. The van der Waals surface area contributed by atoms with Gasteiger partial charge >= 0.3 is 11.9 Å². The molecule has 0 amide bonds. The quantitative estimate of drug-likeness (QED) is 0.318. The van der Waals surface area contributed by atoms with Crippen LogP contribution >= 0.6 is 0 Å². The molecule has 3 aromatic rings. The van der Waals surface area contributed by atoms with Crippen molar-refractivity contribution in [3.8, 4) is 5.75 Å². The second-order valence-electron chi connectivity index (χ2n) is 8.33. The van der Waals surface area contributed by atoms with Gasteiger partial charge in [0.2, 0.25) is 0 Å². The van der Waals surface area contributed by atoms with Gasteiger partial charge in [0.15, 0.2) is 0 Å². The highest BCUT2D eigenvalue weighted by atomic mass is 16.5. The highest BCUT2D eigenvalue weighted by Gasteiger charge is 2.50. The normalized spacial score (nSPS) is 17.0. The fourth-order valence-corrected chi connectivity index (χ4v) is 4.85. The summed E-state index contributed by atoms with van der Waals surface area (Å²) in [6, 6.07) is 24.4. The first-order chi connectivity index (χ1) is 17.5. The van der Waals surface area contributed by atoms with Gasteiger partial charge in [-0.05, 0) is 47.4 Å². The minimum Gasteiger partial charge on any atom is -0.497 e. The maximum absolute atomic E-state index is 13.4. The average Bonchev–Trinajstić information content (AvgIpc) is 3.29. The molecule has 1 aliphatic rings.